The molecule has 12 nitrogen and oxygen atoms in total. The number of hydrogen-bond acceptors (Lipinski definition) is 7. The molecule has 2 heterocycles. The Balaban J connectivity index is 1.50. The fourth-order valence-electron chi connectivity index (χ4n) is 4.23. The molecule has 0 bridgehead atoms. The molecule has 0 saturated heterocycles. The fraction of sp³-hybridized carbons (Fsp3) is 0.233. The molecule has 1 atom stereocenters. The van der Waals surface area contributed by atoms with Crippen molar-refractivity contribution in [3.8, 4) is 5.75 Å². The molecule has 1 unspecified atom stereocenters. The first-order chi connectivity index (χ1) is 21.6. The van der Waals surface area contributed by atoms with Crippen LogP contribution in [0, 0.1) is 17.5 Å². The highest BCUT2D eigenvalue weighted by molar-refractivity contribution is 5.96. The first-order valence-electron chi connectivity index (χ1n) is 13.6. The molecule has 0 radical (unpaired) electrons. The van der Waals surface area contributed by atoms with Crippen molar-refractivity contribution < 1.29 is 37.0 Å². The number of H-pyrrole nitrogens is 1. The molecule has 45 heavy (non-hydrogen) atoms. The molecule has 0 saturated carbocycles. The topological polar surface area (TPSA) is 156 Å². The van der Waals surface area contributed by atoms with E-state index in [0.717, 1.165) is 19.2 Å². The van der Waals surface area contributed by atoms with Gasteiger partial charge in [0.25, 0.3) is 5.56 Å². The Bertz CT molecular complexity index is 1800. The van der Waals surface area contributed by atoms with Gasteiger partial charge in [0.05, 0.1) is 19.2 Å². The van der Waals surface area contributed by atoms with Crippen molar-refractivity contribution in [2.75, 3.05) is 19.5 Å². The predicted molar refractivity (Wildman–Crippen MR) is 157 cm³/mol. The van der Waals surface area contributed by atoms with Crippen LogP contribution in [0.25, 0.3) is 11.0 Å². The number of carbonyl (C=O) groups excluding carboxylic acids is 3. The van der Waals surface area contributed by atoms with E-state index in [-0.39, 0.29) is 65.8 Å². The first kappa shape index (κ1) is 32.3. The maximum atomic E-state index is 14.3. The molecule has 0 aliphatic rings. The van der Waals surface area contributed by atoms with Crippen molar-refractivity contribution in [2.24, 2.45) is 0 Å². The number of methoxy groups -OCH3 is 1. The second kappa shape index (κ2) is 14.7. The molecule has 2 aromatic heterocycles. The lowest BCUT2D eigenvalue weighted by atomic mass is 10.1. The molecule has 0 fully saturated rings. The van der Waals surface area contributed by atoms with Gasteiger partial charge >= 0.3 is 6.09 Å². The quantitative estimate of drug-likeness (QED) is 0.175. The summed E-state index contributed by atoms with van der Waals surface area (Å²) in [6.45, 7) is -0.427. The van der Waals surface area contributed by atoms with Gasteiger partial charge in [-0.25, -0.2) is 22.9 Å². The number of pyridine rings is 1. The lowest BCUT2D eigenvalue weighted by Gasteiger charge is -2.17. The van der Waals surface area contributed by atoms with Crippen molar-refractivity contribution in [3.63, 3.8) is 0 Å². The van der Waals surface area contributed by atoms with Gasteiger partial charge in [-0.15, -0.1) is 0 Å². The monoisotopic (exact) mass is 626 g/mol. The van der Waals surface area contributed by atoms with E-state index in [1.165, 1.54) is 54.2 Å². The van der Waals surface area contributed by atoms with E-state index in [4.69, 9.17) is 4.74 Å². The van der Waals surface area contributed by atoms with Crippen LogP contribution in [-0.2, 0) is 27.5 Å². The standard InChI is InChI=1S/C30H29F3N6O6/c1-34-26(40)8-4-3-6-21(37-30(43)44-2)28(41)36-22-7-5-11-39(29(22)42)15-25-35-23-13-19(32)14-24(27(23)38-25)45-16-17-9-10-18(31)12-20(17)33/h4-5,7-14,21H,3,6,15-16H2,1-2H3,(H,34,40)(H,35,38)(H,36,41)(H,37,43). The number of imidazole rings is 1. The molecular formula is C30H29F3N6O6. The Morgan fingerprint density at radius 2 is 1.91 bits per heavy atom. The summed E-state index contributed by atoms with van der Waals surface area (Å²) in [7, 11) is 2.61. The SMILES string of the molecule is CNC(=O)C=CCCC(NC(=O)OC)C(=O)Nc1cccn(Cc2nc3c(OCc4ccc(F)cc4F)cc(F)cc3[nH]2)c1=O. The van der Waals surface area contributed by atoms with E-state index >= 15 is 0 Å². The number of aromatic nitrogens is 3. The van der Waals surface area contributed by atoms with Crippen LogP contribution in [0.5, 0.6) is 5.75 Å². The third kappa shape index (κ3) is 8.49. The Labute approximate surface area is 254 Å². The van der Waals surface area contributed by atoms with E-state index in [0.29, 0.717) is 6.07 Å². The molecule has 0 spiro atoms. The minimum absolute atomic E-state index is 0.00102. The minimum atomic E-state index is -1.09. The summed E-state index contributed by atoms with van der Waals surface area (Å²) >= 11 is 0. The number of alkyl carbamates (subject to hydrolysis) is 1. The number of amides is 3. The first-order valence-corrected chi connectivity index (χ1v) is 13.6. The molecule has 3 amide bonds. The molecule has 4 N–H and O–H groups in total. The summed E-state index contributed by atoms with van der Waals surface area (Å²) in [5.41, 5.74) is -0.170. The van der Waals surface area contributed by atoms with Gasteiger partial charge in [0.1, 0.15) is 47.1 Å². The number of nitrogens with zero attached hydrogens (tertiary/aromatic N) is 2. The summed E-state index contributed by atoms with van der Waals surface area (Å²) < 4.78 is 53.1. The number of anilines is 1. The van der Waals surface area contributed by atoms with E-state index < -0.39 is 41.1 Å². The summed E-state index contributed by atoms with van der Waals surface area (Å²) in [6.07, 6.45) is 3.77. The van der Waals surface area contributed by atoms with Gasteiger partial charge in [0.15, 0.2) is 5.75 Å². The van der Waals surface area contributed by atoms with Gasteiger partial charge in [-0.2, -0.15) is 0 Å². The highest BCUT2D eigenvalue weighted by Gasteiger charge is 2.22. The number of aromatic amines is 1. The number of hydrogen-bond donors (Lipinski definition) is 4. The summed E-state index contributed by atoms with van der Waals surface area (Å²) in [5.74, 6) is -3.01. The minimum Gasteiger partial charge on any atom is -0.486 e. The number of ether oxygens (including phenoxy) is 2. The van der Waals surface area contributed by atoms with Crippen molar-refractivity contribution in [1.29, 1.82) is 0 Å². The molecule has 0 aliphatic carbocycles. The van der Waals surface area contributed by atoms with Crippen molar-refractivity contribution >= 4 is 34.6 Å². The van der Waals surface area contributed by atoms with E-state index in [1.54, 1.807) is 0 Å². The number of fused-ring (bicyclic) bond motifs is 1. The van der Waals surface area contributed by atoms with Crippen molar-refractivity contribution in [3.05, 3.63) is 100 Å². The number of nitrogens with one attached hydrogen (secondary N) is 4. The molecule has 4 aromatic rings. The molecule has 236 valence electrons. The Kier molecular flexibility index (Phi) is 10.6. The van der Waals surface area contributed by atoms with Crippen molar-refractivity contribution in [2.45, 2.75) is 32.0 Å². The van der Waals surface area contributed by atoms with E-state index in [9.17, 15) is 32.3 Å². The van der Waals surface area contributed by atoms with Gasteiger partial charge in [-0.05, 0) is 49.2 Å². The van der Waals surface area contributed by atoms with Crippen LogP contribution in [0.1, 0.15) is 24.2 Å². The fourth-order valence-corrected chi connectivity index (χ4v) is 4.23. The van der Waals surface area contributed by atoms with Gasteiger partial charge in [0.2, 0.25) is 11.8 Å². The van der Waals surface area contributed by atoms with Crippen LogP contribution in [0.4, 0.5) is 23.7 Å². The maximum absolute atomic E-state index is 14.3. The molecule has 4 rings (SSSR count). The second-order valence-corrected chi connectivity index (χ2v) is 9.63. The van der Waals surface area contributed by atoms with Crippen LogP contribution >= 0.6 is 0 Å². The number of allylic oxidation sites excluding steroid dienone is 1. The van der Waals surface area contributed by atoms with Gasteiger partial charge < -0.3 is 35.0 Å². The largest absolute Gasteiger partial charge is 0.486 e. The molecule has 2 aromatic carbocycles. The lowest BCUT2D eigenvalue weighted by molar-refractivity contribution is -0.118. The molecule has 15 heteroatoms. The van der Waals surface area contributed by atoms with Gasteiger partial charge in [0, 0.05) is 30.9 Å². The van der Waals surface area contributed by atoms with Crippen LogP contribution < -0.4 is 26.2 Å². The zero-order valence-electron chi connectivity index (χ0n) is 24.2. The van der Waals surface area contributed by atoms with E-state index in [1.807, 2.05) is 0 Å². The number of rotatable bonds is 12. The van der Waals surface area contributed by atoms with Crippen LogP contribution in [0.3, 0.4) is 0 Å². The normalized spacial score (nSPS) is 11.8. The number of carbonyl (C=O) groups is 3. The predicted octanol–water partition coefficient (Wildman–Crippen LogP) is 3.51. The van der Waals surface area contributed by atoms with Gasteiger partial charge in [-0.1, -0.05) is 6.08 Å². The average Bonchev–Trinajstić information content (AvgIpc) is 3.41. The Morgan fingerprint density at radius 3 is 2.64 bits per heavy atom. The third-order valence-electron chi connectivity index (χ3n) is 6.49. The number of likely N-dealkylation sites (N-methyl/N-ethyl adjacent to an activating group) is 1. The maximum Gasteiger partial charge on any atom is 0.407 e. The zero-order valence-corrected chi connectivity index (χ0v) is 24.2. The lowest BCUT2D eigenvalue weighted by Crippen LogP contribution is -2.44. The second-order valence-electron chi connectivity index (χ2n) is 9.63. The highest BCUT2D eigenvalue weighted by Crippen LogP contribution is 2.27. The van der Waals surface area contributed by atoms with Crippen LogP contribution in [0.15, 0.2) is 65.6 Å². The smallest absolute Gasteiger partial charge is 0.407 e. The average molecular weight is 627 g/mol. The van der Waals surface area contributed by atoms with Crippen molar-refractivity contribution in [1.82, 2.24) is 25.2 Å². The Morgan fingerprint density at radius 1 is 1.11 bits per heavy atom. The summed E-state index contributed by atoms with van der Waals surface area (Å²) in [4.78, 5) is 56.8. The summed E-state index contributed by atoms with van der Waals surface area (Å²) in [5, 5.41) is 7.33. The number of benzene rings is 2. The third-order valence-corrected chi connectivity index (χ3v) is 6.49. The molecular weight excluding hydrogens is 597 g/mol. The zero-order chi connectivity index (χ0) is 32.5. The summed E-state index contributed by atoms with van der Waals surface area (Å²) in [6, 6.07) is 7.06. The Hall–Kier alpha value is -5.60. The highest BCUT2D eigenvalue weighted by atomic mass is 19.1. The molecule has 0 aliphatic heterocycles. The van der Waals surface area contributed by atoms with Gasteiger partial charge in [-0.3, -0.25) is 14.4 Å². The van der Waals surface area contributed by atoms with Crippen LogP contribution in [0.2, 0.25) is 0 Å². The van der Waals surface area contributed by atoms with Crippen LogP contribution in [-0.4, -0.2) is 52.6 Å². The van der Waals surface area contributed by atoms with E-state index in [2.05, 4.69) is 30.7 Å². The number of halogens is 3.